The first-order valence-corrected chi connectivity index (χ1v) is 4.88. The summed E-state index contributed by atoms with van der Waals surface area (Å²) in [6, 6.07) is 0. The molecule has 0 bridgehead atoms. The van der Waals surface area contributed by atoms with Crippen LogP contribution >= 0.6 is 0 Å². The molecule has 84 valence electrons. The van der Waals surface area contributed by atoms with E-state index >= 15 is 0 Å². The Morgan fingerprint density at radius 2 is 2.13 bits per heavy atom. The van der Waals surface area contributed by atoms with Gasteiger partial charge in [-0.3, -0.25) is 4.98 Å². The van der Waals surface area contributed by atoms with Gasteiger partial charge in [-0.2, -0.15) is 0 Å². The highest BCUT2D eigenvalue weighted by Gasteiger charge is 1.99. The molecule has 5 nitrogen and oxygen atoms in total. The zero-order valence-corrected chi connectivity index (χ0v) is 9.01. The van der Waals surface area contributed by atoms with Gasteiger partial charge in [-0.15, -0.1) is 0 Å². The molecule has 0 saturated carbocycles. The average molecular weight is 212 g/mol. The molecule has 0 spiro atoms. The smallest absolute Gasteiger partial charge is 0.232 e. The Balaban J connectivity index is 2.30. The number of hydrogen-bond donors (Lipinski definition) is 1. The number of hydrogen-bond acceptors (Lipinski definition) is 5. The highest BCUT2D eigenvalue weighted by atomic mass is 16.5. The van der Waals surface area contributed by atoms with Crippen molar-refractivity contribution in [3.05, 3.63) is 18.1 Å². The van der Waals surface area contributed by atoms with E-state index in [2.05, 4.69) is 9.97 Å². The molecule has 0 amide bonds. The lowest BCUT2D eigenvalue weighted by Gasteiger charge is -2.08. The fraction of sp³-hybridized carbons (Fsp3) is 0.600. The lowest BCUT2D eigenvalue weighted by Crippen LogP contribution is -2.12. The number of nitrogens with zero attached hydrogens (tertiary/aromatic N) is 2. The molecule has 0 aromatic carbocycles. The number of aliphatic hydroxyl groups excluding tert-OH is 1. The average Bonchev–Trinajstić information content (AvgIpc) is 2.24. The summed E-state index contributed by atoms with van der Waals surface area (Å²) < 4.78 is 10.6. The minimum absolute atomic E-state index is 0.132. The van der Waals surface area contributed by atoms with Crippen LogP contribution in [0.25, 0.3) is 0 Å². The second kappa shape index (κ2) is 6.31. The van der Waals surface area contributed by atoms with Gasteiger partial charge in [0.15, 0.2) is 0 Å². The van der Waals surface area contributed by atoms with Gasteiger partial charge in [-0.25, -0.2) is 4.98 Å². The number of ether oxygens (including phenoxy) is 2. The second-order valence-corrected chi connectivity index (χ2v) is 3.27. The third kappa shape index (κ3) is 4.71. The molecule has 1 aromatic rings. The summed E-state index contributed by atoms with van der Waals surface area (Å²) in [6.45, 7) is 4.75. The van der Waals surface area contributed by atoms with Gasteiger partial charge in [0.25, 0.3) is 0 Å². The highest BCUT2D eigenvalue weighted by molar-refractivity contribution is 5.07. The van der Waals surface area contributed by atoms with Crippen molar-refractivity contribution in [2.45, 2.75) is 26.6 Å². The maximum absolute atomic E-state index is 8.82. The Kier molecular flexibility index (Phi) is 5.00. The molecule has 0 radical (unpaired) electrons. The van der Waals surface area contributed by atoms with E-state index in [1.807, 2.05) is 13.8 Å². The summed E-state index contributed by atoms with van der Waals surface area (Å²) in [6.07, 6.45) is 3.20. The summed E-state index contributed by atoms with van der Waals surface area (Å²) in [4.78, 5) is 7.90. The van der Waals surface area contributed by atoms with Crippen molar-refractivity contribution in [3.8, 4) is 5.88 Å². The first-order valence-electron chi connectivity index (χ1n) is 4.88. The molecule has 5 heteroatoms. The molecule has 0 aliphatic rings. The molecule has 0 fully saturated rings. The summed E-state index contributed by atoms with van der Waals surface area (Å²) in [5.74, 6) is 0.411. The summed E-state index contributed by atoms with van der Waals surface area (Å²) in [7, 11) is 0. The maximum atomic E-state index is 8.82. The van der Waals surface area contributed by atoms with Crippen molar-refractivity contribution in [3.63, 3.8) is 0 Å². The van der Waals surface area contributed by atoms with Crippen molar-refractivity contribution >= 4 is 0 Å². The molecule has 0 aliphatic carbocycles. The molecular formula is C10H16N2O3. The van der Waals surface area contributed by atoms with Gasteiger partial charge in [0.1, 0.15) is 6.61 Å². The van der Waals surface area contributed by atoms with Crippen molar-refractivity contribution in [2.75, 3.05) is 13.2 Å². The Bertz CT molecular complexity index is 292. The minimum Gasteiger partial charge on any atom is -0.474 e. The largest absolute Gasteiger partial charge is 0.474 e. The Morgan fingerprint density at radius 3 is 2.80 bits per heavy atom. The molecule has 0 saturated heterocycles. The number of aromatic nitrogens is 2. The molecule has 1 heterocycles. The molecule has 0 unspecified atom stereocenters. The van der Waals surface area contributed by atoms with Crippen LogP contribution < -0.4 is 4.74 Å². The van der Waals surface area contributed by atoms with Crippen LogP contribution in [0.15, 0.2) is 12.4 Å². The predicted molar refractivity (Wildman–Crippen MR) is 54.5 cm³/mol. The lowest BCUT2D eigenvalue weighted by molar-refractivity contribution is 0.0540. The molecule has 0 aliphatic heterocycles. The van der Waals surface area contributed by atoms with E-state index < -0.39 is 0 Å². The summed E-state index contributed by atoms with van der Waals surface area (Å²) >= 11 is 0. The Labute approximate surface area is 89.1 Å². The third-order valence-corrected chi connectivity index (χ3v) is 1.61. The first kappa shape index (κ1) is 11.9. The van der Waals surface area contributed by atoms with Crippen molar-refractivity contribution in [2.24, 2.45) is 0 Å². The van der Waals surface area contributed by atoms with Gasteiger partial charge in [0, 0.05) is 0 Å². The van der Waals surface area contributed by atoms with E-state index in [-0.39, 0.29) is 12.7 Å². The third-order valence-electron chi connectivity index (χ3n) is 1.61. The van der Waals surface area contributed by atoms with E-state index in [0.717, 1.165) is 0 Å². The van der Waals surface area contributed by atoms with Crippen LogP contribution in [0.3, 0.4) is 0 Å². The van der Waals surface area contributed by atoms with Gasteiger partial charge in [0.05, 0.1) is 37.4 Å². The van der Waals surface area contributed by atoms with Crippen LogP contribution in [0, 0.1) is 0 Å². The standard InChI is InChI=1S/C10H16N2O3/c1-8(2)14-3-4-15-10-6-11-5-9(7-13)12-10/h5-6,8,13H,3-4,7H2,1-2H3. The molecule has 15 heavy (non-hydrogen) atoms. The molecule has 1 N–H and O–H groups in total. The quantitative estimate of drug-likeness (QED) is 0.706. The van der Waals surface area contributed by atoms with Crippen LogP contribution in [0.4, 0.5) is 0 Å². The second-order valence-electron chi connectivity index (χ2n) is 3.27. The van der Waals surface area contributed by atoms with Crippen LogP contribution in [0.1, 0.15) is 19.5 Å². The van der Waals surface area contributed by atoms with Gasteiger partial charge >= 0.3 is 0 Å². The zero-order valence-electron chi connectivity index (χ0n) is 9.01. The summed E-state index contributed by atoms with van der Waals surface area (Å²) in [5.41, 5.74) is 0.497. The van der Waals surface area contributed by atoms with E-state index in [1.165, 1.54) is 12.4 Å². The highest BCUT2D eigenvalue weighted by Crippen LogP contribution is 2.04. The number of aliphatic hydroxyl groups is 1. The zero-order chi connectivity index (χ0) is 11.1. The molecule has 1 rings (SSSR count). The fourth-order valence-electron chi connectivity index (χ4n) is 0.962. The molecule has 0 atom stereocenters. The normalized spacial score (nSPS) is 10.7. The van der Waals surface area contributed by atoms with E-state index in [1.54, 1.807) is 0 Å². The lowest BCUT2D eigenvalue weighted by atomic mass is 10.5. The maximum Gasteiger partial charge on any atom is 0.232 e. The van der Waals surface area contributed by atoms with Gasteiger partial charge in [-0.05, 0) is 13.8 Å². The fourth-order valence-corrected chi connectivity index (χ4v) is 0.962. The Morgan fingerprint density at radius 1 is 1.33 bits per heavy atom. The van der Waals surface area contributed by atoms with Crippen molar-refractivity contribution in [1.29, 1.82) is 0 Å². The van der Waals surface area contributed by atoms with E-state index in [0.29, 0.717) is 24.8 Å². The van der Waals surface area contributed by atoms with Gasteiger partial charge in [0.2, 0.25) is 5.88 Å². The predicted octanol–water partition coefficient (Wildman–Crippen LogP) is 0.773. The first-order chi connectivity index (χ1) is 7.22. The van der Waals surface area contributed by atoms with Crippen LogP contribution in [0.5, 0.6) is 5.88 Å². The van der Waals surface area contributed by atoms with Crippen LogP contribution in [0.2, 0.25) is 0 Å². The van der Waals surface area contributed by atoms with Gasteiger partial charge in [-0.1, -0.05) is 0 Å². The van der Waals surface area contributed by atoms with Gasteiger partial charge < -0.3 is 14.6 Å². The number of rotatable bonds is 6. The van der Waals surface area contributed by atoms with Crippen molar-refractivity contribution < 1.29 is 14.6 Å². The van der Waals surface area contributed by atoms with Crippen LogP contribution in [-0.4, -0.2) is 34.4 Å². The SMILES string of the molecule is CC(C)OCCOc1cncc(CO)n1. The van der Waals surface area contributed by atoms with E-state index in [4.69, 9.17) is 14.6 Å². The summed E-state index contributed by atoms with van der Waals surface area (Å²) in [5, 5.41) is 8.82. The molecular weight excluding hydrogens is 196 g/mol. The topological polar surface area (TPSA) is 64.5 Å². The monoisotopic (exact) mass is 212 g/mol. The van der Waals surface area contributed by atoms with Crippen molar-refractivity contribution in [1.82, 2.24) is 9.97 Å². The van der Waals surface area contributed by atoms with Crippen LogP contribution in [-0.2, 0) is 11.3 Å². The minimum atomic E-state index is -0.132. The van der Waals surface area contributed by atoms with E-state index in [9.17, 15) is 0 Å². The molecule has 1 aromatic heterocycles. The Hall–Kier alpha value is -1.20.